The molecular weight excluding hydrogens is 526 g/mol. The third-order valence-corrected chi connectivity index (χ3v) is 8.39. The fourth-order valence-corrected chi connectivity index (χ4v) is 6.60. The number of thiophene rings is 1. The molecule has 4 aromatic rings. The fourth-order valence-electron chi connectivity index (χ4n) is 5.53. The van der Waals surface area contributed by atoms with E-state index in [9.17, 15) is 14.4 Å². The van der Waals surface area contributed by atoms with Crippen LogP contribution in [0.3, 0.4) is 0 Å². The van der Waals surface area contributed by atoms with Crippen LogP contribution in [0.2, 0.25) is 0 Å². The molecule has 1 aliphatic carbocycles. The first kappa shape index (κ1) is 25.7. The third kappa shape index (κ3) is 4.50. The second-order valence-electron chi connectivity index (χ2n) is 10.0. The molecule has 202 valence electrons. The van der Waals surface area contributed by atoms with E-state index in [1.165, 1.54) is 23.2 Å². The van der Waals surface area contributed by atoms with Gasteiger partial charge in [-0.2, -0.15) is 0 Å². The second-order valence-corrected chi connectivity index (χ2v) is 11.0. The molecule has 40 heavy (non-hydrogen) atoms. The average Bonchev–Trinajstić information content (AvgIpc) is 3.54. The molecule has 3 amide bonds. The van der Waals surface area contributed by atoms with Gasteiger partial charge in [-0.3, -0.25) is 24.7 Å². The molecule has 9 nitrogen and oxygen atoms in total. The van der Waals surface area contributed by atoms with Crippen molar-refractivity contribution in [1.29, 1.82) is 5.41 Å². The van der Waals surface area contributed by atoms with Gasteiger partial charge in [-0.1, -0.05) is 18.2 Å². The molecule has 6 rings (SSSR count). The van der Waals surface area contributed by atoms with Crippen molar-refractivity contribution >= 4 is 56.4 Å². The molecule has 2 aromatic heterocycles. The molecule has 3 N–H and O–H groups in total. The van der Waals surface area contributed by atoms with Crippen LogP contribution in [0.25, 0.3) is 10.2 Å². The zero-order chi connectivity index (χ0) is 28.0. The van der Waals surface area contributed by atoms with Crippen molar-refractivity contribution in [3.8, 4) is 11.5 Å². The van der Waals surface area contributed by atoms with E-state index in [1.807, 2.05) is 43.3 Å². The van der Waals surface area contributed by atoms with Crippen LogP contribution in [0.4, 0.5) is 11.4 Å². The topological polar surface area (TPSA) is 124 Å². The first-order chi connectivity index (χ1) is 19.3. The minimum atomic E-state index is -0.524. The Labute approximate surface area is 234 Å². The molecule has 2 aromatic carbocycles. The summed E-state index contributed by atoms with van der Waals surface area (Å²) in [7, 11) is 0. The van der Waals surface area contributed by atoms with Gasteiger partial charge >= 0.3 is 0 Å². The predicted molar refractivity (Wildman–Crippen MR) is 154 cm³/mol. The van der Waals surface area contributed by atoms with Gasteiger partial charge in [0.15, 0.2) is 0 Å². The number of nitrogens with zero attached hydrogens (tertiary/aromatic N) is 2. The van der Waals surface area contributed by atoms with E-state index in [0.717, 1.165) is 24.8 Å². The van der Waals surface area contributed by atoms with Gasteiger partial charge in [-0.25, -0.2) is 4.98 Å². The highest BCUT2D eigenvalue weighted by molar-refractivity contribution is 7.21. The van der Waals surface area contributed by atoms with Gasteiger partial charge in [-0.15, -0.1) is 11.3 Å². The number of ether oxygens (including phenoxy) is 1. The van der Waals surface area contributed by atoms with Gasteiger partial charge in [0.05, 0.1) is 11.4 Å². The monoisotopic (exact) mass is 553 g/mol. The lowest BCUT2D eigenvalue weighted by Crippen LogP contribution is -2.48. The minimum Gasteiger partial charge on any atom is -0.457 e. The maximum atomic E-state index is 13.7. The van der Waals surface area contributed by atoms with E-state index in [4.69, 9.17) is 10.1 Å². The Hall–Kier alpha value is -4.57. The molecule has 0 saturated heterocycles. The lowest BCUT2D eigenvalue weighted by molar-refractivity contribution is -0.119. The van der Waals surface area contributed by atoms with E-state index >= 15 is 0 Å². The molecule has 0 bridgehead atoms. The minimum absolute atomic E-state index is 0.139. The van der Waals surface area contributed by atoms with Crippen LogP contribution >= 0.6 is 11.3 Å². The van der Waals surface area contributed by atoms with Crippen molar-refractivity contribution in [2.24, 2.45) is 0 Å². The number of carbonyl (C=O) groups is 3. The number of pyridine rings is 1. The third-order valence-electron chi connectivity index (χ3n) is 7.29. The number of nitrogens with one attached hydrogen (secondary N) is 3. The van der Waals surface area contributed by atoms with Crippen molar-refractivity contribution in [3.63, 3.8) is 0 Å². The smallest absolute Gasteiger partial charge is 0.281 e. The van der Waals surface area contributed by atoms with Crippen LogP contribution in [0.15, 0.2) is 60.8 Å². The van der Waals surface area contributed by atoms with Gasteiger partial charge in [0.25, 0.3) is 11.8 Å². The van der Waals surface area contributed by atoms with E-state index in [1.54, 1.807) is 24.4 Å². The van der Waals surface area contributed by atoms with Crippen LogP contribution in [-0.2, 0) is 9.59 Å². The number of carbonyl (C=O) groups excluding carboxylic acids is 3. The summed E-state index contributed by atoms with van der Waals surface area (Å²) in [6, 6.07) is 16.3. The Morgan fingerprint density at radius 3 is 2.50 bits per heavy atom. The summed E-state index contributed by atoms with van der Waals surface area (Å²) in [5, 5.41) is 15.4. The van der Waals surface area contributed by atoms with Crippen LogP contribution in [0, 0.1) is 12.3 Å². The number of aryl methyl sites for hydroxylation is 1. The summed E-state index contributed by atoms with van der Waals surface area (Å²) >= 11 is 1.17. The maximum Gasteiger partial charge on any atom is 0.281 e. The van der Waals surface area contributed by atoms with Crippen LogP contribution in [0.5, 0.6) is 11.5 Å². The zero-order valence-electron chi connectivity index (χ0n) is 22.0. The summed E-state index contributed by atoms with van der Waals surface area (Å²) in [6.45, 7) is 3.35. The summed E-state index contributed by atoms with van der Waals surface area (Å²) in [5.41, 5.74) is 2.03. The first-order valence-electron chi connectivity index (χ1n) is 13.1. The van der Waals surface area contributed by atoms with Gasteiger partial charge < -0.3 is 15.4 Å². The normalized spacial score (nSPS) is 18.2. The molecule has 2 atom stereocenters. The summed E-state index contributed by atoms with van der Waals surface area (Å²) in [6.07, 6.45) is 4.03. The van der Waals surface area contributed by atoms with Gasteiger partial charge in [0.1, 0.15) is 26.9 Å². The Kier molecular flexibility index (Phi) is 6.55. The van der Waals surface area contributed by atoms with E-state index in [-0.39, 0.29) is 34.5 Å². The highest BCUT2D eigenvalue weighted by Crippen LogP contribution is 2.44. The van der Waals surface area contributed by atoms with Crippen molar-refractivity contribution in [3.05, 3.63) is 76.8 Å². The van der Waals surface area contributed by atoms with Crippen molar-refractivity contribution in [2.75, 3.05) is 4.90 Å². The SMILES string of the molecule is CC(=O)NC1CCC[C@@H]1NC(=O)c1sc2nccc3c2c1C(=N)C(=O)N3c1ccc(Oc2ccccc2)cc1C. The zero-order valence-corrected chi connectivity index (χ0v) is 22.8. The average molecular weight is 554 g/mol. The summed E-state index contributed by atoms with van der Waals surface area (Å²) in [4.78, 5) is 45.7. The van der Waals surface area contributed by atoms with Crippen molar-refractivity contribution in [2.45, 2.75) is 45.2 Å². The van der Waals surface area contributed by atoms with E-state index < -0.39 is 5.91 Å². The highest BCUT2D eigenvalue weighted by Gasteiger charge is 2.38. The number of amides is 3. The Morgan fingerprint density at radius 1 is 1.02 bits per heavy atom. The predicted octanol–water partition coefficient (Wildman–Crippen LogP) is 5.23. The first-order valence-corrected chi connectivity index (χ1v) is 13.9. The van der Waals surface area contributed by atoms with Crippen LogP contribution < -0.4 is 20.3 Å². The molecule has 0 radical (unpaired) electrons. The molecule has 1 fully saturated rings. The molecule has 10 heteroatoms. The molecule has 0 spiro atoms. The molecule has 1 aliphatic heterocycles. The molecule has 1 saturated carbocycles. The number of aromatic nitrogens is 1. The Morgan fingerprint density at radius 2 is 1.77 bits per heavy atom. The second kappa shape index (κ2) is 10.2. The lowest BCUT2D eigenvalue weighted by Gasteiger charge is -2.29. The number of anilines is 2. The van der Waals surface area contributed by atoms with Gasteiger partial charge in [0.2, 0.25) is 5.91 Å². The number of para-hydroxylation sites is 1. The molecule has 1 unspecified atom stereocenters. The van der Waals surface area contributed by atoms with Crippen molar-refractivity contribution < 1.29 is 19.1 Å². The summed E-state index contributed by atoms with van der Waals surface area (Å²) in [5.74, 6) is 0.307. The molecule has 3 heterocycles. The molecule has 2 aliphatic rings. The Bertz CT molecular complexity index is 1680. The largest absolute Gasteiger partial charge is 0.457 e. The Balaban J connectivity index is 1.35. The number of hydrogen-bond donors (Lipinski definition) is 3. The van der Waals surface area contributed by atoms with Gasteiger partial charge in [-0.05, 0) is 68.1 Å². The number of benzene rings is 2. The van der Waals surface area contributed by atoms with Crippen LogP contribution in [-0.4, -0.2) is 40.5 Å². The van der Waals surface area contributed by atoms with E-state index in [2.05, 4.69) is 15.6 Å². The maximum absolute atomic E-state index is 13.7. The number of hydrogen-bond acceptors (Lipinski definition) is 7. The fraction of sp³-hybridized carbons (Fsp3) is 0.233. The van der Waals surface area contributed by atoms with E-state index in [0.29, 0.717) is 38.7 Å². The van der Waals surface area contributed by atoms with Crippen molar-refractivity contribution in [1.82, 2.24) is 15.6 Å². The number of rotatable bonds is 6. The van der Waals surface area contributed by atoms with Crippen LogP contribution in [0.1, 0.15) is 47.0 Å². The van der Waals surface area contributed by atoms with Gasteiger partial charge in [0, 0.05) is 36.2 Å². The summed E-state index contributed by atoms with van der Waals surface area (Å²) < 4.78 is 5.95. The standard InChI is InChI=1S/C30H27N5O4S/c1-16-15-19(39-18-7-4-3-5-8-18)11-12-22(16)35-23-13-14-32-29-24(23)25(26(31)30(35)38)27(40-29)28(37)34-21-10-6-9-20(21)33-17(2)36/h3-5,7-8,11-15,20-21,31H,6,9-10H2,1-2H3,(H,33,36)(H,34,37)/t20?,21-/m0/s1. The lowest BCUT2D eigenvalue weighted by atomic mass is 9.97. The quantitative estimate of drug-likeness (QED) is 0.302. The highest BCUT2D eigenvalue weighted by atomic mass is 32.1. The molecular formula is C30H27N5O4S.